The van der Waals surface area contributed by atoms with E-state index >= 15 is 0 Å². The number of ether oxygens (including phenoxy) is 1. The van der Waals surface area contributed by atoms with Gasteiger partial charge in [-0.3, -0.25) is 4.79 Å². The zero-order valence-electron chi connectivity index (χ0n) is 19.6. The van der Waals surface area contributed by atoms with Crippen LogP contribution in [0.3, 0.4) is 0 Å². The van der Waals surface area contributed by atoms with Crippen LogP contribution in [0, 0.1) is 6.92 Å². The Bertz CT molecular complexity index is 1400. The average Bonchev–Trinajstić information content (AvgIpc) is 3.50. The Hall–Kier alpha value is -3.98. The van der Waals surface area contributed by atoms with Gasteiger partial charge in [0.2, 0.25) is 5.91 Å². The van der Waals surface area contributed by atoms with Crippen molar-refractivity contribution in [2.45, 2.75) is 19.4 Å². The first-order valence-electron chi connectivity index (χ1n) is 11.5. The number of amides is 1. The number of fused-ring (bicyclic) bond motifs is 1. The maximum Gasteiger partial charge on any atom is 0.335 e. The number of nitrogens with zero attached hydrogens (tertiary/aromatic N) is 2. The minimum absolute atomic E-state index is 0.0203. The standard InChI is InChI=1S/C27H25N3O5S/c1-17-4-2-3-5-22(17)28-27-29-23-11-6-18(12-24(23)35-27)13-25(31)30-16-36-15-20(30)14-34-21-9-7-19(8-10-21)26(32)33/h2-12,20H,13-16H2,1H3,(H,28,29)(H,32,33)/t20-/m1/s1. The van der Waals surface area contributed by atoms with Gasteiger partial charge in [0.15, 0.2) is 5.58 Å². The number of para-hydroxylation sites is 1. The van der Waals surface area contributed by atoms with Crippen molar-refractivity contribution in [1.29, 1.82) is 0 Å². The quantitative estimate of drug-likeness (QED) is 0.342. The SMILES string of the molecule is Cc1ccccc1Nc1nc2ccc(CC(=O)N3CSC[C@H]3COc3ccc(C(=O)O)cc3)cc2o1. The molecule has 2 N–H and O–H groups in total. The lowest BCUT2D eigenvalue weighted by molar-refractivity contribution is -0.131. The second-order valence-electron chi connectivity index (χ2n) is 8.60. The van der Waals surface area contributed by atoms with E-state index in [0.29, 0.717) is 29.8 Å². The number of carboxylic acid groups (broad SMARTS) is 1. The van der Waals surface area contributed by atoms with Crippen molar-refractivity contribution in [2.24, 2.45) is 0 Å². The van der Waals surface area contributed by atoms with Gasteiger partial charge in [-0.15, -0.1) is 11.8 Å². The molecule has 3 aromatic carbocycles. The van der Waals surface area contributed by atoms with Crippen molar-refractivity contribution in [3.05, 3.63) is 83.4 Å². The topological polar surface area (TPSA) is 105 Å². The number of benzene rings is 3. The minimum Gasteiger partial charge on any atom is -0.491 e. The van der Waals surface area contributed by atoms with Crippen LogP contribution in [0.1, 0.15) is 21.5 Å². The fraction of sp³-hybridized carbons (Fsp3) is 0.222. The first-order chi connectivity index (χ1) is 17.5. The first-order valence-corrected chi connectivity index (χ1v) is 12.7. The second kappa shape index (κ2) is 10.3. The highest BCUT2D eigenvalue weighted by Gasteiger charge is 2.30. The van der Waals surface area contributed by atoms with Crippen molar-refractivity contribution in [3.8, 4) is 5.75 Å². The highest BCUT2D eigenvalue weighted by molar-refractivity contribution is 7.99. The number of nitrogens with one attached hydrogen (secondary N) is 1. The van der Waals surface area contributed by atoms with E-state index in [9.17, 15) is 9.59 Å². The molecule has 184 valence electrons. The molecule has 1 atom stereocenters. The van der Waals surface area contributed by atoms with Crippen LogP contribution < -0.4 is 10.1 Å². The van der Waals surface area contributed by atoms with Gasteiger partial charge in [-0.25, -0.2) is 4.79 Å². The first kappa shape index (κ1) is 23.7. The lowest BCUT2D eigenvalue weighted by Crippen LogP contribution is -2.41. The van der Waals surface area contributed by atoms with Crippen molar-refractivity contribution in [2.75, 3.05) is 23.6 Å². The molecule has 0 aliphatic carbocycles. The summed E-state index contributed by atoms with van der Waals surface area (Å²) in [6.45, 7) is 2.36. The monoisotopic (exact) mass is 503 g/mol. The van der Waals surface area contributed by atoms with Crippen LogP contribution in [0.25, 0.3) is 11.1 Å². The third-order valence-electron chi connectivity index (χ3n) is 6.04. The van der Waals surface area contributed by atoms with Crippen LogP contribution in [0.4, 0.5) is 11.7 Å². The minimum atomic E-state index is -0.979. The number of thioether (sulfide) groups is 1. The van der Waals surface area contributed by atoms with Crippen LogP contribution in [-0.2, 0) is 11.2 Å². The van der Waals surface area contributed by atoms with E-state index in [-0.39, 0.29) is 23.9 Å². The van der Waals surface area contributed by atoms with E-state index in [0.717, 1.165) is 28.1 Å². The van der Waals surface area contributed by atoms with E-state index in [1.807, 2.05) is 54.3 Å². The van der Waals surface area contributed by atoms with Gasteiger partial charge < -0.3 is 24.5 Å². The van der Waals surface area contributed by atoms with Gasteiger partial charge in [0, 0.05) is 11.4 Å². The maximum absolute atomic E-state index is 13.1. The van der Waals surface area contributed by atoms with E-state index in [1.165, 1.54) is 12.1 Å². The van der Waals surface area contributed by atoms with Gasteiger partial charge in [0.25, 0.3) is 6.01 Å². The van der Waals surface area contributed by atoms with Gasteiger partial charge in [-0.05, 0) is 60.5 Å². The molecule has 0 saturated carbocycles. The van der Waals surface area contributed by atoms with Gasteiger partial charge in [-0.1, -0.05) is 24.3 Å². The summed E-state index contributed by atoms with van der Waals surface area (Å²) in [4.78, 5) is 30.5. The molecule has 4 aromatic rings. The number of rotatable bonds is 8. The molecule has 9 heteroatoms. The van der Waals surface area contributed by atoms with Crippen LogP contribution in [0.15, 0.2) is 71.1 Å². The van der Waals surface area contributed by atoms with Crippen molar-refractivity contribution in [1.82, 2.24) is 9.88 Å². The summed E-state index contributed by atoms with van der Waals surface area (Å²) in [6.07, 6.45) is 0.252. The molecule has 36 heavy (non-hydrogen) atoms. The summed E-state index contributed by atoms with van der Waals surface area (Å²) >= 11 is 1.69. The van der Waals surface area contributed by atoms with Crippen molar-refractivity contribution < 1.29 is 23.8 Å². The number of carbonyl (C=O) groups is 2. The smallest absolute Gasteiger partial charge is 0.335 e. The number of hydrogen-bond donors (Lipinski definition) is 2. The Morgan fingerprint density at radius 2 is 1.97 bits per heavy atom. The number of anilines is 2. The van der Waals surface area contributed by atoms with Crippen LogP contribution in [-0.4, -0.2) is 51.1 Å². The molecule has 1 fully saturated rings. The Morgan fingerprint density at radius 3 is 2.75 bits per heavy atom. The fourth-order valence-electron chi connectivity index (χ4n) is 4.02. The molecular formula is C27H25N3O5S. The normalized spacial score (nSPS) is 15.2. The van der Waals surface area contributed by atoms with Crippen LogP contribution in [0.5, 0.6) is 5.75 Å². The van der Waals surface area contributed by atoms with Crippen LogP contribution >= 0.6 is 11.8 Å². The van der Waals surface area contributed by atoms with Crippen LogP contribution in [0.2, 0.25) is 0 Å². The summed E-state index contributed by atoms with van der Waals surface area (Å²) in [5, 5.41) is 12.2. The third kappa shape index (κ3) is 5.31. The van der Waals surface area contributed by atoms with E-state index < -0.39 is 5.97 Å². The average molecular weight is 504 g/mol. The number of hydrogen-bond acceptors (Lipinski definition) is 7. The molecule has 0 radical (unpaired) electrons. The number of aryl methyl sites for hydroxylation is 1. The summed E-state index contributed by atoms with van der Waals surface area (Å²) in [6, 6.07) is 20.2. The zero-order valence-corrected chi connectivity index (χ0v) is 20.5. The predicted molar refractivity (Wildman–Crippen MR) is 139 cm³/mol. The summed E-state index contributed by atoms with van der Waals surface area (Å²) in [5.74, 6) is 1.02. The number of carboxylic acids is 1. The maximum atomic E-state index is 13.1. The van der Waals surface area contributed by atoms with Gasteiger partial charge >= 0.3 is 5.97 Å². The summed E-state index contributed by atoms with van der Waals surface area (Å²) in [5.41, 5.74) is 4.42. The van der Waals surface area contributed by atoms with Gasteiger partial charge in [0.05, 0.1) is 23.9 Å². The number of oxazole rings is 1. The molecule has 0 unspecified atom stereocenters. The van der Waals surface area contributed by atoms with Gasteiger partial charge in [-0.2, -0.15) is 4.98 Å². The number of aromatic carboxylic acids is 1. The van der Waals surface area contributed by atoms with Crippen molar-refractivity contribution >= 4 is 46.4 Å². The molecule has 1 aliphatic heterocycles. The third-order valence-corrected chi connectivity index (χ3v) is 7.12. The Labute approximate surface area is 212 Å². The zero-order chi connectivity index (χ0) is 25.1. The largest absolute Gasteiger partial charge is 0.491 e. The second-order valence-corrected chi connectivity index (χ2v) is 9.60. The molecule has 5 rings (SSSR count). The van der Waals surface area contributed by atoms with E-state index in [4.69, 9.17) is 14.3 Å². The number of carbonyl (C=O) groups excluding carboxylic acids is 1. The molecule has 1 aromatic heterocycles. The van der Waals surface area contributed by atoms with E-state index in [2.05, 4.69) is 10.3 Å². The molecule has 1 aliphatic rings. The predicted octanol–water partition coefficient (Wildman–Crippen LogP) is 5.10. The van der Waals surface area contributed by atoms with Gasteiger partial charge in [0.1, 0.15) is 17.9 Å². The van der Waals surface area contributed by atoms with E-state index in [1.54, 1.807) is 23.9 Å². The van der Waals surface area contributed by atoms with Crippen molar-refractivity contribution in [3.63, 3.8) is 0 Å². The molecular weight excluding hydrogens is 478 g/mol. The highest BCUT2D eigenvalue weighted by atomic mass is 32.2. The molecule has 8 nitrogen and oxygen atoms in total. The summed E-state index contributed by atoms with van der Waals surface area (Å²) < 4.78 is 11.7. The summed E-state index contributed by atoms with van der Waals surface area (Å²) in [7, 11) is 0. The molecule has 1 amide bonds. The molecule has 0 bridgehead atoms. The Kier molecular flexibility index (Phi) is 6.81. The molecule has 0 spiro atoms. The molecule has 1 saturated heterocycles. The lowest BCUT2D eigenvalue weighted by Gasteiger charge is -2.24. The number of aromatic nitrogens is 1. The Morgan fingerprint density at radius 1 is 1.17 bits per heavy atom. The lowest BCUT2D eigenvalue weighted by atomic mass is 10.1. The Balaban J connectivity index is 1.21. The molecule has 2 heterocycles. The highest BCUT2D eigenvalue weighted by Crippen LogP contribution is 2.27. The fourth-order valence-corrected chi connectivity index (χ4v) is 5.22.